The Morgan fingerprint density at radius 2 is 2.03 bits per heavy atom. The fraction of sp³-hybridized carbons (Fsp3) is 0.360. The molecule has 4 aromatic rings. The van der Waals surface area contributed by atoms with Gasteiger partial charge in [-0.3, -0.25) is 9.78 Å². The fourth-order valence-electron chi connectivity index (χ4n) is 3.75. The third-order valence-electron chi connectivity index (χ3n) is 5.89. The van der Waals surface area contributed by atoms with Crippen LogP contribution in [0, 0.1) is 0 Å². The fourth-order valence-corrected chi connectivity index (χ4v) is 5.56. The minimum atomic E-state index is -0.228. The summed E-state index contributed by atoms with van der Waals surface area (Å²) in [4.78, 5) is 24.4. The molecule has 11 heteroatoms. The van der Waals surface area contributed by atoms with Crippen LogP contribution in [-0.4, -0.2) is 55.8 Å². The van der Waals surface area contributed by atoms with Gasteiger partial charge in [0.1, 0.15) is 0 Å². The van der Waals surface area contributed by atoms with Gasteiger partial charge in [0.15, 0.2) is 5.01 Å². The summed E-state index contributed by atoms with van der Waals surface area (Å²) < 4.78 is 5.09. The number of hydrogen-bond acceptors (Lipinski definition) is 8. The van der Waals surface area contributed by atoms with E-state index in [4.69, 9.17) is 11.6 Å². The van der Waals surface area contributed by atoms with Crippen LogP contribution in [0.2, 0.25) is 5.02 Å². The Kier molecular flexibility index (Phi) is 8.05. The van der Waals surface area contributed by atoms with Crippen molar-refractivity contribution in [3.63, 3.8) is 0 Å². The van der Waals surface area contributed by atoms with Crippen LogP contribution in [-0.2, 0) is 6.54 Å². The number of nitrogens with zero attached hydrogens (tertiary/aromatic N) is 5. The number of carbonyl (C=O) groups excluding carboxylic acids is 1. The Labute approximate surface area is 223 Å². The van der Waals surface area contributed by atoms with Crippen LogP contribution in [0.4, 0.5) is 5.69 Å². The molecular weight excluding hydrogens is 514 g/mol. The smallest absolute Gasteiger partial charge is 0.280 e. The average Bonchev–Trinajstić information content (AvgIpc) is 3.23. The molecule has 0 spiro atoms. The summed E-state index contributed by atoms with van der Waals surface area (Å²) in [6, 6.07) is 7.50. The summed E-state index contributed by atoms with van der Waals surface area (Å²) in [5, 5.41) is 8.96. The molecule has 2 N–H and O–H groups in total. The van der Waals surface area contributed by atoms with E-state index in [1.54, 1.807) is 47.3 Å². The molecule has 6 rings (SSSR count). The van der Waals surface area contributed by atoms with Crippen LogP contribution in [0.5, 0.6) is 0 Å². The molecule has 0 unspecified atom stereocenters. The van der Waals surface area contributed by atoms with E-state index in [9.17, 15) is 4.79 Å². The van der Waals surface area contributed by atoms with Crippen LogP contribution in [0.25, 0.3) is 16.0 Å². The van der Waals surface area contributed by atoms with E-state index >= 15 is 0 Å². The highest BCUT2D eigenvalue weighted by atomic mass is 35.5. The molecule has 4 aromatic heterocycles. The second-order valence-corrected chi connectivity index (χ2v) is 11.5. The minimum Gasteiger partial charge on any atom is -0.344 e. The van der Waals surface area contributed by atoms with Crippen molar-refractivity contribution in [3.8, 4) is 10.4 Å². The van der Waals surface area contributed by atoms with E-state index < -0.39 is 0 Å². The van der Waals surface area contributed by atoms with Crippen molar-refractivity contribution in [2.24, 2.45) is 0 Å². The lowest BCUT2D eigenvalue weighted by atomic mass is 10.2. The Hall–Kier alpha value is -2.66. The number of carbonyl (C=O) groups is 1. The summed E-state index contributed by atoms with van der Waals surface area (Å²) in [6.45, 7) is 2.98. The van der Waals surface area contributed by atoms with Crippen molar-refractivity contribution in [1.82, 2.24) is 29.8 Å². The lowest BCUT2D eigenvalue weighted by Crippen LogP contribution is -2.23. The van der Waals surface area contributed by atoms with Crippen LogP contribution in [0.15, 0.2) is 49.1 Å². The van der Waals surface area contributed by atoms with Gasteiger partial charge in [0.2, 0.25) is 0 Å². The van der Waals surface area contributed by atoms with E-state index in [2.05, 4.69) is 37.1 Å². The molecule has 2 aliphatic rings. The normalized spacial score (nSPS) is 15.5. The molecule has 0 bridgehead atoms. The van der Waals surface area contributed by atoms with E-state index in [1.165, 1.54) is 50.1 Å². The monoisotopic (exact) mass is 541 g/mol. The van der Waals surface area contributed by atoms with Gasteiger partial charge in [-0.15, -0.1) is 11.3 Å². The molecule has 8 nitrogen and oxygen atoms in total. The van der Waals surface area contributed by atoms with Gasteiger partial charge < -0.3 is 14.9 Å². The van der Waals surface area contributed by atoms with Crippen LogP contribution >= 0.6 is 34.9 Å². The number of amides is 1. The van der Waals surface area contributed by atoms with E-state index in [0.717, 1.165) is 27.3 Å². The summed E-state index contributed by atoms with van der Waals surface area (Å²) >= 11 is 9.17. The van der Waals surface area contributed by atoms with E-state index in [1.807, 2.05) is 18.2 Å². The second-order valence-electron chi connectivity index (χ2n) is 8.91. The standard InChI is InChI=1S/C20H17ClN6OS2.C5H11N/c21-12-4-6-27-17(7-12)16(10-25-27)18-11-24-20(29-18)19(28)23-9-14-8-13(3-5-22-14)26-30-15-1-2-15;1-6-4-2-3-5-6/h3-8,10-11,15H,1-2,9H2,(H,22,26)(H,23,28);2-5H2,1H3. The van der Waals surface area contributed by atoms with Crippen molar-refractivity contribution >= 4 is 52.0 Å². The number of nitrogens with one attached hydrogen (secondary N) is 2. The number of aromatic nitrogens is 4. The Morgan fingerprint density at radius 3 is 2.78 bits per heavy atom. The molecule has 0 aromatic carbocycles. The molecule has 188 valence electrons. The zero-order valence-corrected chi connectivity index (χ0v) is 22.4. The quantitative estimate of drug-likeness (QED) is 0.304. The van der Waals surface area contributed by atoms with Crippen molar-refractivity contribution in [1.29, 1.82) is 0 Å². The average molecular weight is 542 g/mol. The van der Waals surface area contributed by atoms with Gasteiger partial charge in [-0.1, -0.05) is 11.6 Å². The third-order valence-corrected chi connectivity index (χ3v) is 8.32. The molecular formula is C25H28ClN7OS2. The summed E-state index contributed by atoms with van der Waals surface area (Å²) in [5.74, 6) is -0.228. The first kappa shape index (κ1) is 25.0. The first-order valence-corrected chi connectivity index (χ1v) is 14.0. The van der Waals surface area contributed by atoms with Crippen molar-refractivity contribution in [2.45, 2.75) is 37.5 Å². The number of rotatable bonds is 7. The maximum atomic E-state index is 12.6. The maximum absolute atomic E-state index is 12.6. The summed E-state index contributed by atoms with van der Waals surface area (Å²) in [5.41, 5.74) is 3.55. The Balaban J connectivity index is 0.000000391. The zero-order valence-electron chi connectivity index (χ0n) is 20.0. The first-order valence-electron chi connectivity index (χ1n) is 12.0. The predicted molar refractivity (Wildman–Crippen MR) is 148 cm³/mol. The SMILES string of the molecule is CN1CCCC1.O=C(NCc1cc(NSC2CC2)ccn1)c1ncc(-c2cnn3ccc(Cl)cc23)s1. The summed E-state index contributed by atoms with van der Waals surface area (Å²) in [7, 11) is 2.17. The molecule has 1 amide bonds. The van der Waals surface area contributed by atoms with Crippen molar-refractivity contribution < 1.29 is 4.79 Å². The number of anilines is 1. The van der Waals surface area contributed by atoms with Gasteiger partial charge in [0, 0.05) is 40.1 Å². The molecule has 2 fully saturated rings. The summed E-state index contributed by atoms with van der Waals surface area (Å²) in [6.07, 6.45) is 12.4. The van der Waals surface area contributed by atoms with Crippen molar-refractivity contribution in [2.75, 3.05) is 24.9 Å². The zero-order chi connectivity index (χ0) is 24.9. The molecule has 1 saturated heterocycles. The van der Waals surface area contributed by atoms with E-state index in [-0.39, 0.29) is 5.91 Å². The van der Waals surface area contributed by atoms with Gasteiger partial charge in [-0.2, -0.15) is 5.10 Å². The second kappa shape index (κ2) is 11.6. The maximum Gasteiger partial charge on any atom is 0.280 e. The Bertz CT molecular complexity index is 1330. The van der Waals surface area contributed by atoms with Gasteiger partial charge in [-0.05, 0) is 82.0 Å². The highest BCUT2D eigenvalue weighted by Crippen LogP contribution is 2.34. The molecule has 1 aliphatic carbocycles. The van der Waals surface area contributed by atoms with Crippen LogP contribution in [0.3, 0.4) is 0 Å². The number of hydrogen-bond donors (Lipinski definition) is 2. The van der Waals surface area contributed by atoms with E-state index in [0.29, 0.717) is 21.8 Å². The molecule has 36 heavy (non-hydrogen) atoms. The lowest BCUT2D eigenvalue weighted by Gasteiger charge is -2.07. The topological polar surface area (TPSA) is 87.5 Å². The number of thiazole rings is 1. The van der Waals surface area contributed by atoms with Crippen LogP contribution < -0.4 is 10.0 Å². The number of pyridine rings is 2. The molecule has 1 aliphatic heterocycles. The molecule has 1 saturated carbocycles. The van der Waals surface area contributed by atoms with Gasteiger partial charge in [-0.25, -0.2) is 9.50 Å². The minimum absolute atomic E-state index is 0.228. The van der Waals surface area contributed by atoms with Crippen molar-refractivity contribution in [3.05, 3.63) is 64.8 Å². The molecule has 5 heterocycles. The molecule has 0 radical (unpaired) electrons. The van der Waals surface area contributed by atoms with Gasteiger partial charge in [0.05, 0.1) is 28.8 Å². The highest BCUT2D eigenvalue weighted by molar-refractivity contribution is 8.01. The predicted octanol–water partition coefficient (Wildman–Crippen LogP) is 5.37. The lowest BCUT2D eigenvalue weighted by molar-refractivity contribution is 0.0950. The number of likely N-dealkylation sites (tertiary alicyclic amines) is 1. The Morgan fingerprint density at radius 1 is 1.19 bits per heavy atom. The van der Waals surface area contributed by atoms with Gasteiger partial charge in [0.25, 0.3) is 5.91 Å². The third kappa shape index (κ3) is 6.56. The first-order chi connectivity index (χ1) is 17.5. The highest BCUT2D eigenvalue weighted by Gasteiger charge is 2.22. The van der Waals surface area contributed by atoms with Crippen LogP contribution in [0.1, 0.15) is 41.2 Å². The molecule has 0 atom stereocenters. The number of halogens is 1. The number of fused-ring (bicyclic) bond motifs is 1. The van der Waals surface area contributed by atoms with Gasteiger partial charge >= 0.3 is 0 Å². The largest absolute Gasteiger partial charge is 0.344 e.